The molecule has 2 aromatic rings. The quantitative estimate of drug-likeness (QED) is 0.502. The van der Waals surface area contributed by atoms with Crippen LogP contribution >= 0.6 is 0 Å². The average molecular weight is 326 g/mol. The minimum atomic E-state index is -0.445. The molecule has 6 heteroatoms. The predicted octanol–water partition coefficient (Wildman–Crippen LogP) is 2.31. The van der Waals surface area contributed by atoms with Crippen LogP contribution in [-0.2, 0) is 9.53 Å². The minimum absolute atomic E-state index is 0.142. The second-order valence-electron chi connectivity index (χ2n) is 4.95. The lowest BCUT2D eigenvalue weighted by Crippen LogP contribution is -2.18. The largest absolute Gasteiger partial charge is 0.482 e. The Hall–Kier alpha value is -3.15. The van der Waals surface area contributed by atoms with E-state index in [1.165, 1.54) is 13.3 Å². The third-order valence-corrected chi connectivity index (χ3v) is 3.23. The Morgan fingerprint density at radius 1 is 1.12 bits per heavy atom. The number of benzene rings is 2. The van der Waals surface area contributed by atoms with Gasteiger partial charge in [-0.15, -0.1) is 0 Å². The van der Waals surface area contributed by atoms with Crippen molar-refractivity contribution in [2.45, 2.75) is 6.92 Å². The highest BCUT2D eigenvalue weighted by atomic mass is 16.6. The topological polar surface area (TPSA) is 77.0 Å². The molecule has 0 unspecified atom stereocenters. The number of rotatable bonds is 6. The summed E-state index contributed by atoms with van der Waals surface area (Å²) >= 11 is 0. The van der Waals surface area contributed by atoms with Crippen molar-refractivity contribution in [3.8, 4) is 5.75 Å². The summed E-state index contributed by atoms with van der Waals surface area (Å²) in [5, 5.41) is 3.94. The van der Waals surface area contributed by atoms with Gasteiger partial charge in [0, 0.05) is 5.56 Å². The molecule has 0 saturated heterocycles. The molecular weight excluding hydrogens is 308 g/mol. The zero-order valence-electron chi connectivity index (χ0n) is 13.5. The van der Waals surface area contributed by atoms with E-state index in [2.05, 4.69) is 15.3 Å². The molecule has 0 saturated carbocycles. The van der Waals surface area contributed by atoms with Crippen LogP contribution in [0.5, 0.6) is 5.75 Å². The monoisotopic (exact) mass is 326 g/mol. The Labute approximate surface area is 140 Å². The van der Waals surface area contributed by atoms with Gasteiger partial charge in [0.2, 0.25) is 0 Å². The number of amides is 1. The number of methoxy groups -OCH3 is 1. The van der Waals surface area contributed by atoms with Crippen LogP contribution in [-0.4, -0.2) is 31.8 Å². The molecule has 2 rings (SSSR count). The number of carbonyl (C=O) groups is 2. The Morgan fingerprint density at radius 3 is 2.50 bits per heavy atom. The van der Waals surface area contributed by atoms with Crippen LogP contribution in [0, 0.1) is 6.92 Å². The summed E-state index contributed by atoms with van der Waals surface area (Å²) in [6.07, 6.45) is 1.53. The molecule has 0 aliphatic carbocycles. The Kier molecular flexibility index (Phi) is 6.08. The highest BCUT2D eigenvalue weighted by Crippen LogP contribution is 2.11. The van der Waals surface area contributed by atoms with Gasteiger partial charge in [-0.05, 0) is 48.4 Å². The van der Waals surface area contributed by atoms with E-state index in [0.717, 1.165) is 11.1 Å². The molecule has 2 aromatic carbocycles. The number of esters is 1. The lowest BCUT2D eigenvalue weighted by Gasteiger charge is -2.05. The number of nitrogens with zero attached hydrogens (tertiary/aromatic N) is 1. The normalized spacial score (nSPS) is 10.4. The first-order valence-corrected chi connectivity index (χ1v) is 7.29. The van der Waals surface area contributed by atoms with Gasteiger partial charge in [-0.2, -0.15) is 5.10 Å². The van der Waals surface area contributed by atoms with Gasteiger partial charge in [0.1, 0.15) is 5.75 Å². The SMILES string of the molecule is COC(=O)COc1ccc(/C=N/NC(=O)c2ccccc2C)cc1. The number of hydrogen-bond donors (Lipinski definition) is 1. The molecule has 124 valence electrons. The van der Waals surface area contributed by atoms with Gasteiger partial charge in [-0.3, -0.25) is 4.79 Å². The second kappa shape index (κ2) is 8.47. The van der Waals surface area contributed by atoms with Gasteiger partial charge in [0.15, 0.2) is 6.61 Å². The molecule has 6 nitrogen and oxygen atoms in total. The first kappa shape index (κ1) is 17.2. The Bertz CT molecular complexity index is 739. The maximum Gasteiger partial charge on any atom is 0.343 e. The van der Waals surface area contributed by atoms with Gasteiger partial charge < -0.3 is 9.47 Å². The highest BCUT2D eigenvalue weighted by molar-refractivity contribution is 5.96. The van der Waals surface area contributed by atoms with Crippen LogP contribution in [0.15, 0.2) is 53.6 Å². The highest BCUT2D eigenvalue weighted by Gasteiger charge is 2.06. The standard InChI is InChI=1S/C18H18N2O4/c1-13-5-3-4-6-16(13)18(22)20-19-11-14-7-9-15(10-8-14)24-12-17(21)23-2/h3-11H,12H2,1-2H3,(H,20,22)/b19-11+. The fourth-order valence-corrected chi connectivity index (χ4v) is 1.90. The minimum Gasteiger partial charge on any atom is -0.482 e. The summed E-state index contributed by atoms with van der Waals surface area (Å²) in [6, 6.07) is 14.2. The van der Waals surface area contributed by atoms with Crippen LogP contribution in [0.1, 0.15) is 21.5 Å². The summed E-state index contributed by atoms with van der Waals surface area (Å²) in [5.41, 5.74) is 4.74. The van der Waals surface area contributed by atoms with E-state index in [1.807, 2.05) is 19.1 Å². The zero-order chi connectivity index (χ0) is 17.4. The van der Waals surface area contributed by atoms with Gasteiger partial charge in [0.05, 0.1) is 13.3 Å². The molecule has 0 aliphatic heterocycles. The van der Waals surface area contributed by atoms with E-state index in [-0.39, 0.29) is 12.5 Å². The molecular formula is C18H18N2O4. The third kappa shape index (κ3) is 4.95. The second-order valence-corrected chi connectivity index (χ2v) is 4.95. The fourth-order valence-electron chi connectivity index (χ4n) is 1.90. The summed E-state index contributed by atoms with van der Waals surface area (Å²) < 4.78 is 9.73. The molecule has 24 heavy (non-hydrogen) atoms. The molecule has 1 N–H and O–H groups in total. The van der Waals surface area contributed by atoms with Crippen LogP contribution < -0.4 is 10.2 Å². The van der Waals surface area contributed by atoms with Crippen LogP contribution in [0.2, 0.25) is 0 Å². The van der Waals surface area contributed by atoms with Crippen LogP contribution in [0.3, 0.4) is 0 Å². The van der Waals surface area contributed by atoms with Gasteiger partial charge >= 0.3 is 5.97 Å². The lowest BCUT2D eigenvalue weighted by molar-refractivity contribution is -0.142. The maximum atomic E-state index is 12.0. The smallest absolute Gasteiger partial charge is 0.343 e. The van der Waals surface area contributed by atoms with Crippen molar-refractivity contribution in [2.24, 2.45) is 5.10 Å². The summed E-state index contributed by atoms with van der Waals surface area (Å²) in [6.45, 7) is 1.72. The molecule has 0 fully saturated rings. The molecule has 0 aromatic heterocycles. The number of aryl methyl sites for hydroxylation is 1. The van der Waals surface area contributed by atoms with Crippen molar-refractivity contribution >= 4 is 18.1 Å². The fraction of sp³-hybridized carbons (Fsp3) is 0.167. The Morgan fingerprint density at radius 2 is 1.83 bits per heavy atom. The van der Waals surface area contributed by atoms with E-state index >= 15 is 0 Å². The summed E-state index contributed by atoms with van der Waals surface area (Å²) in [4.78, 5) is 23.0. The summed E-state index contributed by atoms with van der Waals surface area (Å²) in [7, 11) is 1.30. The molecule has 0 heterocycles. The van der Waals surface area contributed by atoms with Crippen molar-refractivity contribution < 1.29 is 19.1 Å². The lowest BCUT2D eigenvalue weighted by atomic mass is 10.1. The van der Waals surface area contributed by atoms with Crippen molar-refractivity contribution in [1.29, 1.82) is 0 Å². The van der Waals surface area contributed by atoms with Gasteiger partial charge in [-0.1, -0.05) is 18.2 Å². The van der Waals surface area contributed by atoms with Gasteiger partial charge in [-0.25, -0.2) is 10.2 Å². The van der Waals surface area contributed by atoms with Gasteiger partial charge in [0.25, 0.3) is 5.91 Å². The molecule has 1 amide bonds. The van der Waals surface area contributed by atoms with Crippen LogP contribution in [0.25, 0.3) is 0 Å². The number of hydrogen-bond acceptors (Lipinski definition) is 5. The Balaban J connectivity index is 1.89. The molecule has 0 atom stereocenters. The first-order chi connectivity index (χ1) is 11.6. The van der Waals surface area contributed by atoms with E-state index in [1.54, 1.807) is 36.4 Å². The summed E-state index contributed by atoms with van der Waals surface area (Å²) in [5.74, 6) is -0.163. The first-order valence-electron chi connectivity index (χ1n) is 7.29. The molecule has 0 radical (unpaired) electrons. The van der Waals surface area contributed by atoms with E-state index in [0.29, 0.717) is 11.3 Å². The number of nitrogens with one attached hydrogen (secondary N) is 1. The number of carbonyl (C=O) groups excluding carboxylic acids is 2. The van der Waals surface area contributed by atoms with Crippen LogP contribution in [0.4, 0.5) is 0 Å². The molecule has 0 bridgehead atoms. The maximum absolute atomic E-state index is 12.0. The van der Waals surface area contributed by atoms with E-state index in [4.69, 9.17) is 4.74 Å². The van der Waals surface area contributed by atoms with Crippen molar-refractivity contribution in [1.82, 2.24) is 5.43 Å². The average Bonchev–Trinajstić information content (AvgIpc) is 2.61. The molecule has 0 spiro atoms. The zero-order valence-corrected chi connectivity index (χ0v) is 13.5. The van der Waals surface area contributed by atoms with E-state index in [9.17, 15) is 9.59 Å². The van der Waals surface area contributed by atoms with Crippen molar-refractivity contribution in [3.63, 3.8) is 0 Å². The molecule has 0 aliphatic rings. The third-order valence-electron chi connectivity index (χ3n) is 3.23. The number of hydrazone groups is 1. The predicted molar refractivity (Wildman–Crippen MR) is 90.2 cm³/mol. The van der Waals surface area contributed by atoms with Crippen molar-refractivity contribution in [2.75, 3.05) is 13.7 Å². The van der Waals surface area contributed by atoms with E-state index < -0.39 is 5.97 Å². The van der Waals surface area contributed by atoms with Crippen molar-refractivity contribution in [3.05, 3.63) is 65.2 Å². The number of ether oxygens (including phenoxy) is 2.